The summed E-state index contributed by atoms with van der Waals surface area (Å²) in [6.07, 6.45) is 3.71. The first kappa shape index (κ1) is 11.4. The molecule has 3 heteroatoms. The van der Waals surface area contributed by atoms with E-state index in [1.165, 1.54) is 5.56 Å². The second kappa shape index (κ2) is 4.18. The molecule has 3 rings (SSSR count). The molecule has 2 nitrogen and oxygen atoms in total. The Labute approximate surface area is 107 Å². The fraction of sp³-hybridized carbons (Fsp3) is 0.571. The van der Waals surface area contributed by atoms with Crippen LogP contribution in [-0.2, 0) is 10.2 Å². The van der Waals surface area contributed by atoms with Gasteiger partial charge in [0.2, 0.25) is 0 Å². The predicted molar refractivity (Wildman–Crippen MR) is 70.9 cm³/mol. The van der Waals surface area contributed by atoms with Crippen LogP contribution in [0.2, 0.25) is 5.02 Å². The van der Waals surface area contributed by atoms with Gasteiger partial charge in [-0.25, -0.2) is 0 Å². The van der Waals surface area contributed by atoms with Crippen molar-refractivity contribution in [3.8, 4) is 0 Å². The molecule has 0 aliphatic carbocycles. The molecule has 2 aliphatic heterocycles. The summed E-state index contributed by atoms with van der Waals surface area (Å²) in [4.78, 5) is 0. The van der Waals surface area contributed by atoms with E-state index in [1.807, 2.05) is 6.07 Å². The second-order valence-corrected chi connectivity index (χ2v) is 5.56. The van der Waals surface area contributed by atoms with Crippen LogP contribution in [0.3, 0.4) is 0 Å². The third kappa shape index (κ3) is 1.74. The summed E-state index contributed by atoms with van der Waals surface area (Å²) < 4.78 is 5.80. The summed E-state index contributed by atoms with van der Waals surface area (Å²) in [6, 6.07) is 6.24. The number of para-hydroxylation sites is 1. The largest absolute Gasteiger partial charge is 0.383 e. The van der Waals surface area contributed by atoms with Gasteiger partial charge in [-0.2, -0.15) is 0 Å². The van der Waals surface area contributed by atoms with Crippen molar-refractivity contribution in [2.45, 2.75) is 37.7 Å². The maximum Gasteiger partial charge on any atom is 0.0640 e. The van der Waals surface area contributed by atoms with Crippen LogP contribution in [0.25, 0.3) is 0 Å². The van der Waals surface area contributed by atoms with E-state index in [0.29, 0.717) is 6.10 Å². The molecule has 2 unspecified atom stereocenters. The second-order valence-electron chi connectivity index (χ2n) is 5.15. The highest BCUT2D eigenvalue weighted by molar-refractivity contribution is 6.33. The Morgan fingerprint density at radius 3 is 3.24 bits per heavy atom. The van der Waals surface area contributed by atoms with E-state index < -0.39 is 0 Å². The van der Waals surface area contributed by atoms with E-state index in [9.17, 15) is 0 Å². The minimum Gasteiger partial charge on any atom is -0.383 e. The quantitative estimate of drug-likeness (QED) is 0.824. The monoisotopic (exact) mass is 251 g/mol. The average molecular weight is 252 g/mol. The number of hydrogen-bond donors (Lipinski definition) is 1. The lowest BCUT2D eigenvalue weighted by molar-refractivity contribution is -0.0179. The minimum absolute atomic E-state index is 0.249. The lowest BCUT2D eigenvalue weighted by Crippen LogP contribution is -2.39. The number of anilines is 1. The van der Waals surface area contributed by atoms with Gasteiger partial charge < -0.3 is 10.1 Å². The van der Waals surface area contributed by atoms with Gasteiger partial charge in [0.25, 0.3) is 0 Å². The smallest absolute Gasteiger partial charge is 0.0640 e. The van der Waals surface area contributed by atoms with Gasteiger partial charge >= 0.3 is 0 Å². The van der Waals surface area contributed by atoms with Crippen molar-refractivity contribution in [2.75, 3.05) is 18.5 Å². The van der Waals surface area contributed by atoms with Crippen molar-refractivity contribution >= 4 is 17.3 Å². The molecule has 2 atom stereocenters. The van der Waals surface area contributed by atoms with Crippen molar-refractivity contribution in [1.82, 2.24) is 0 Å². The first-order valence-corrected chi connectivity index (χ1v) is 6.77. The zero-order valence-corrected chi connectivity index (χ0v) is 10.9. The minimum atomic E-state index is 0.249. The Hall–Kier alpha value is -0.730. The third-order valence-corrected chi connectivity index (χ3v) is 4.51. The summed E-state index contributed by atoms with van der Waals surface area (Å²) >= 11 is 6.25. The number of benzene rings is 1. The summed E-state index contributed by atoms with van der Waals surface area (Å²) in [5.41, 5.74) is 2.79. The first-order chi connectivity index (χ1) is 8.25. The molecule has 0 amide bonds. The topological polar surface area (TPSA) is 21.3 Å². The van der Waals surface area contributed by atoms with Crippen LogP contribution >= 0.6 is 11.6 Å². The number of ether oxygens (including phenoxy) is 1. The van der Waals surface area contributed by atoms with Gasteiger partial charge in [0.05, 0.1) is 16.8 Å². The SMILES string of the molecule is CCC1CC2(CCO1)CNc1c(Cl)cccc12. The molecule has 1 aromatic carbocycles. The number of fused-ring (bicyclic) bond motifs is 2. The van der Waals surface area contributed by atoms with Crippen LogP contribution in [0.5, 0.6) is 0 Å². The maximum atomic E-state index is 6.25. The Bertz CT molecular complexity index is 434. The molecule has 2 aliphatic rings. The van der Waals surface area contributed by atoms with Crippen molar-refractivity contribution < 1.29 is 4.74 Å². The highest BCUT2D eigenvalue weighted by Crippen LogP contribution is 2.47. The number of hydrogen-bond acceptors (Lipinski definition) is 2. The summed E-state index contributed by atoms with van der Waals surface area (Å²) in [7, 11) is 0. The van der Waals surface area contributed by atoms with Crippen LogP contribution in [-0.4, -0.2) is 19.3 Å². The lowest BCUT2D eigenvalue weighted by atomic mass is 9.73. The Morgan fingerprint density at radius 2 is 2.41 bits per heavy atom. The third-order valence-electron chi connectivity index (χ3n) is 4.20. The molecular weight excluding hydrogens is 234 g/mol. The molecule has 1 spiro atoms. The van der Waals surface area contributed by atoms with E-state index in [-0.39, 0.29) is 5.41 Å². The van der Waals surface area contributed by atoms with E-state index in [4.69, 9.17) is 16.3 Å². The van der Waals surface area contributed by atoms with Gasteiger partial charge in [-0.15, -0.1) is 0 Å². The van der Waals surface area contributed by atoms with Gasteiger partial charge in [-0.1, -0.05) is 30.7 Å². The van der Waals surface area contributed by atoms with E-state index in [0.717, 1.165) is 43.1 Å². The number of rotatable bonds is 1. The summed E-state index contributed by atoms with van der Waals surface area (Å²) in [5, 5.41) is 4.33. The zero-order valence-electron chi connectivity index (χ0n) is 10.1. The molecule has 0 saturated carbocycles. The summed E-state index contributed by atoms with van der Waals surface area (Å²) in [6.45, 7) is 4.07. The van der Waals surface area contributed by atoms with Crippen molar-refractivity contribution in [3.63, 3.8) is 0 Å². The van der Waals surface area contributed by atoms with E-state index in [1.54, 1.807) is 0 Å². The molecule has 0 aromatic heterocycles. The normalized spacial score (nSPS) is 31.3. The first-order valence-electron chi connectivity index (χ1n) is 6.40. The van der Waals surface area contributed by atoms with Gasteiger partial charge in [0, 0.05) is 18.6 Å². The number of nitrogens with one attached hydrogen (secondary N) is 1. The van der Waals surface area contributed by atoms with Crippen molar-refractivity contribution in [3.05, 3.63) is 28.8 Å². The number of halogens is 1. The fourth-order valence-electron chi connectivity index (χ4n) is 3.18. The molecule has 0 radical (unpaired) electrons. The summed E-state index contributed by atoms with van der Waals surface area (Å²) in [5.74, 6) is 0. The van der Waals surface area contributed by atoms with Gasteiger partial charge in [-0.3, -0.25) is 0 Å². The molecule has 1 N–H and O–H groups in total. The zero-order chi connectivity index (χ0) is 11.9. The standard InChI is InChI=1S/C14H18ClNO/c1-2-10-8-14(6-7-17-10)9-16-13-11(14)4-3-5-12(13)15/h3-5,10,16H,2,6-9H2,1H3. The van der Waals surface area contributed by atoms with Gasteiger partial charge in [0.15, 0.2) is 0 Å². The van der Waals surface area contributed by atoms with Gasteiger partial charge in [-0.05, 0) is 30.9 Å². The van der Waals surface area contributed by atoms with E-state index in [2.05, 4.69) is 24.4 Å². The molecule has 17 heavy (non-hydrogen) atoms. The van der Waals surface area contributed by atoms with Crippen molar-refractivity contribution in [1.29, 1.82) is 0 Å². The maximum absolute atomic E-state index is 6.25. The Morgan fingerprint density at radius 1 is 1.53 bits per heavy atom. The fourth-order valence-corrected chi connectivity index (χ4v) is 3.43. The molecule has 1 aromatic rings. The molecule has 2 heterocycles. The Balaban J connectivity index is 1.99. The van der Waals surface area contributed by atoms with Crippen LogP contribution in [0.4, 0.5) is 5.69 Å². The molecule has 0 bridgehead atoms. The lowest BCUT2D eigenvalue weighted by Gasteiger charge is -2.38. The predicted octanol–water partition coefficient (Wildman–Crippen LogP) is 3.59. The highest BCUT2D eigenvalue weighted by atomic mass is 35.5. The van der Waals surface area contributed by atoms with Gasteiger partial charge in [0.1, 0.15) is 0 Å². The average Bonchev–Trinajstić information content (AvgIpc) is 2.70. The van der Waals surface area contributed by atoms with Crippen LogP contribution in [0.1, 0.15) is 31.7 Å². The van der Waals surface area contributed by atoms with E-state index >= 15 is 0 Å². The molecule has 92 valence electrons. The van der Waals surface area contributed by atoms with Crippen LogP contribution in [0, 0.1) is 0 Å². The van der Waals surface area contributed by atoms with Crippen molar-refractivity contribution in [2.24, 2.45) is 0 Å². The molecule has 1 fully saturated rings. The Kier molecular flexibility index (Phi) is 2.80. The molecular formula is C14H18ClNO. The highest BCUT2D eigenvalue weighted by Gasteiger charge is 2.43. The molecule has 1 saturated heterocycles. The van der Waals surface area contributed by atoms with Crippen LogP contribution < -0.4 is 5.32 Å². The van der Waals surface area contributed by atoms with Crippen LogP contribution in [0.15, 0.2) is 18.2 Å².